The number of carbonyl (C=O) groups excluding carboxylic acids is 1. The Bertz CT molecular complexity index is 1210. The van der Waals surface area contributed by atoms with E-state index in [1.165, 1.54) is 18.3 Å². The molecule has 0 saturated carbocycles. The van der Waals surface area contributed by atoms with E-state index in [2.05, 4.69) is 20.6 Å². The fourth-order valence-electron chi connectivity index (χ4n) is 2.60. The van der Waals surface area contributed by atoms with Crippen LogP contribution in [-0.4, -0.2) is 59.3 Å². The number of nitrogens with two attached hydrogens (primary N) is 1. The molecule has 0 saturated heterocycles. The number of anilines is 1. The van der Waals surface area contributed by atoms with E-state index < -0.39 is 11.9 Å². The summed E-state index contributed by atoms with van der Waals surface area (Å²) in [6.07, 6.45) is 0. The third-order valence-electron chi connectivity index (χ3n) is 4.29. The summed E-state index contributed by atoms with van der Waals surface area (Å²) in [5, 5.41) is 22.9. The van der Waals surface area contributed by atoms with Crippen molar-refractivity contribution in [2.75, 3.05) is 25.6 Å². The van der Waals surface area contributed by atoms with Crippen molar-refractivity contribution in [1.82, 2.24) is 10.3 Å². The summed E-state index contributed by atoms with van der Waals surface area (Å²) in [4.78, 5) is 38.1. The number of aliphatic imine (C=N–C) groups is 1. The Balaban J connectivity index is 0.000000717. The minimum Gasteiger partial charge on any atom is -0.491 e. The molecule has 0 aliphatic carbocycles. The predicted octanol–water partition coefficient (Wildman–Crippen LogP) is 2.15. The number of thiazole rings is 1. The van der Waals surface area contributed by atoms with Gasteiger partial charge in [0.15, 0.2) is 16.9 Å². The van der Waals surface area contributed by atoms with Gasteiger partial charge in [-0.2, -0.15) is 0 Å². The molecule has 13 nitrogen and oxygen atoms in total. The van der Waals surface area contributed by atoms with E-state index in [1.54, 1.807) is 13.2 Å². The number of furan rings is 1. The zero-order chi connectivity index (χ0) is 27.2. The molecule has 2 heterocycles. The van der Waals surface area contributed by atoms with Crippen LogP contribution in [-0.2, 0) is 32.2 Å². The van der Waals surface area contributed by atoms with Crippen molar-refractivity contribution in [2.24, 2.45) is 10.7 Å². The fraction of sp³-hybridized carbons (Fsp3) is 0.261. The topological polar surface area (TPSA) is 199 Å². The molecular formula is C23H27N5O8S. The Morgan fingerprint density at radius 1 is 1.14 bits per heavy atom. The second-order valence-corrected chi connectivity index (χ2v) is 7.96. The number of nitrogens with one attached hydrogen (secondary N) is 2. The van der Waals surface area contributed by atoms with E-state index in [4.69, 9.17) is 39.4 Å². The molecule has 3 aromatic rings. The summed E-state index contributed by atoms with van der Waals surface area (Å²) >= 11 is 1.39. The van der Waals surface area contributed by atoms with Gasteiger partial charge in [-0.05, 0) is 18.2 Å². The van der Waals surface area contributed by atoms with Crippen LogP contribution in [0.4, 0.5) is 5.13 Å². The number of nitrogens with zero attached hydrogens (tertiary/aromatic N) is 2. The Morgan fingerprint density at radius 2 is 1.86 bits per heavy atom. The maximum Gasteiger partial charge on any atom is 0.414 e. The van der Waals surface area contributed by atoms with Crippen molar-refractivity contribution in [3.8, 4) is 17.2 Å². The highest BCUT2D eigenvalue weighted by atomic mass is 32.1. The smallest absolute Gasteiger partial charge is 0.414 e. The predicted molar refractivity (Wildman–Crippen MR) is 135 cm³/mol. The highest BCUT2D eigenvalue weighted by Gasteiger charge is 2.10. The maximum absolute atomic E-state index is 11.0. The van der Waals surface area contributed by atoms with Gasteiger partial charge in [-0.1, -0.05) is 18.2 Å². The average molecular weight is 534 g/mol. The van der Waals surface area contributed by atoms with E-state index in [1.807, 2.05) is 35.7 Å². The lowest BCUT2D eigenvalue weighted by atomic mass is 10.2. The van der Waals surface area contributed by atoms with Crippen LogP contribution in [0.3, 0.4) is 0 Å². The van der Waals surface area contributed by atoms with Gasteiger partial charge in [0.05, 0.1) is 19.7 Å². The standard InChI is InChI=1S/C21H25N5O4S.C2H2O4/c1-14(27)23-12-16-7-8-19(30-16)17-13-31-21(25-17)26-20(22)24-11-15-5-3-4-6-18(15)29-10-9-28-2;3-1(4)2(5)6/h3-8,13H,9-12H2,1-2H3,(H,23,27)(H3,22,24,25,26);(H,3,4)(H,5,6). The number of hydrogen-bond donors (Lipinski definition) is 5. The molecule has 0 spiro atoms. The number of hydrogen-bond acceptors (Lipinski definition) is 9. The van der Waals surface area contributed by atoms with Crippen molar-refractivity contribution in [1.29, 1.82) is 0 Å². The molecule has 198 valence electrons. The molecule has 0 fully saturated rings. The molecule has 2 aromatic heterocycles. The molecule has 0 bridgehead atoms. The van der Waals surface area contributed by atoms with Gasteiger partial charge in [0, 0.05) is 25.0 Å². The van der Waals surface area contributed by atoms with Gasteiger partial charge < -0.3 is 40.5 Å². The van der Waals surface area contributed by atoms with Gasteiger partial charge in [0.2, 0.25) is 5.91 Å². The fourth-order valence-corrected chi connectivity index (χ4v) is 3.30. The largest absolute Gasteiger partial charge is 0.491 e. The van der Waals surface area contributed by atoms with Gasteiger partial charge in [-0.25, -0.2) is 19.6 Å². The second-order valence-electron chi connectivity index (χ2n) is 7.10. The molecule has 0 aliphatic heterocycles. The van der Waals surface area contributed by atoms with Crippen molar-refractivity contribution in [3.63, 3.8) is 0 Å². The van der Waals surface area contributed by atoms with Crippen molar-refractivity contribution in [2.45, 2.75) is 20.0 Å². The summed E-state index contributed by atoms with van der Waals surface area (Å²) in [6.45, 7) is 3.14. The van der Waals surface area contributed by atoms with E-state index in [0.29, 0.717) is 48.6 Å². The van der Waals surface area contributed by atoms with Crippen LogP contribution in [0.2, 0.25) is 0 Å². The number of ether oxygens (including phenoxy) is 2. The van der Waals surface area contributed by atoms with Crippen LogP contribution in [0.25, 0.3) is 11.5 Å². The quantitative estimate of drug-likeness (QED) is 0.111. The number of guanidine groups is 1. The Labute approximate surface area is 215 Å². The lowest BCUT2D eigenvalue weighted by molar-refractivity contribution is -0.159. The Kier molecular flexibility index (Phi) is 11.6. The summed E-state index contributed by atoms with van der Waals surface area (Å²) < 4.78 is 16.4. The Morgan fingerprint density at radius 3 is 2.54 bits per heavy atom. The summed E-state index contributed by atoms with van der Waals surface area (Å²) in [7, 11) is 1.63. The van der Waals surface area contributed by atoms with Crippen LogP contribution in [0.1, 0.15) is 18.2 Å². The van der Waals surface area contributed by atoms with Crippen molar-refractivity contribution < 1.29 is 38.5 Å². The number of rotatable bonds is 10. The van der Waals surface area contributed by atoms with Crippen LogP contribution in [0.5, 0.6) is 5.75 Å². The van der Waals surface area contributed by atoms with Gasteiger partial charge >= 0.3 is 11.9 Å². The molecule has 6 N–H and O–H groups in total. The molecule has 0 atom stereocenters. The van der Waals surface area contributed by atoms with E-state index in [9.17, 15) is 4.79 Å². The molecule has 0 radical (unpaired) electrons. The first kappa shape index (κ1) is 28.8. The SMILES string of the molecule is COCCOc1ccccc1CN=C(N)Nc1nc(-c2ccc(CNC(C)=O)o2)cs1.O=C(O)C(=O)O. The number of methoxy groups -OCH3 is 1. The summed E-state index contributed by atoms with van der Waals surface area (Å²) in [5.74, 6) is -1.50. The molecular weight excluding hydrogens is 506 g/mol. The lowest BCUT2D eigenvalue weighted by Crippen LogP contribution is -2.22. The molecule has 1 aromatic carbocycles. The average Bonchev–Trinajstić information content (AvgIpc) is 3.52. The normalized spacial score (nSPS) is 10.7. The van der Waals surface area contributed by atoms with Crippen LogP contribution in [0.15, 0.2) is 51.2 Å². The van der Waals surface area contributed by atoms with Crippen molar-refractivity contribution in [3.05, 3.63) is 53.1 Å². The minimum atomic E-state index is -1.82. The number of amides is 1. The van der Waals surface area contributed by atoms with E-state index >= 15 is 0 Å². The number of carbonyl (C=O) groups is 3. The third-order valence-corrected chi connectivity index (χ3v) is 5.04. The number of para-hydroxylation sites is 1. The molecule has 37 heavy (non-hydrogen) atoms. The van der Waals surface area contributed by atoms with E-state index in [-0.39, 0.29) is 11.9 Å². The van der Waals surface area contributed by atoms with Gasteiger partial charge in [0.25, 0.3) is 0 Å². The number of benzene rings is 1. The molecule has 3 rings (SSSR count). The zero-order valence-corrected chi connectivity index (χ0v) is 20.9. The highest BCUT2D eigenvalue weighted by Crippen LogP contribution is 2.26. The summed E-state index contributed by atoms with van der Waals surface area (Å²) in [6, 6.07) is 11.3. The number of aliphatic carboxylic acids is 2. The van der Waals surface area contributed by atoms with Crippen LogP contribution < -0.4 is 21.1 Å². The molecule has 14 heteroatoms. The highest BCUT2D eigenvalue weighted by molar-refractivity contribution is 7.14. The first-order valence-electron chi connectivity index (χ1n) is 10.7. The van der Waals surface area contributed by atoms with Gasteiger partial charge in [-0.3, -0.25) is 4.79 Å². The maximum atomic E-state index is 11.0. The number of carboxylic acid groups (broad SMARTS) is 2. The lowest BCUT2D eigenvalue weighted by Gasteiger charge is -2.10. The Hall–Kier alpha value is -4.43. The number of carboxylic acids is 2. The third kappa shape index (κ3) is 10.4. The molecule has 1 amide bonds. The monoisotopic (exact) mass is 533 g/mol. The summed E-state index contributed by atoms with van der Waals surface area (Å²) in [5.41, 5.74) is 7.62. The van der Waals surface area contributed by atoms with Gasteiger partial charge in [-0.15, -0.1) is 11.3 Å². The first-order chi connectivity index (χ1) is 17.7. The minimum absolute atomic E-state index is 0.114. The van der Waals surface area contributed by atoms with Gasteiger partial charge in [0.1, 0.15) is 23.8 Å². The van der Waals surface area contributed by atoms with E-state index in [0.717, 1.165) is 11.3 Å². The van der Waals surface area contributed by atoms with Crippen LogP contribution >= 0.6 is 11.3 Å². The molecule has 0 unspecified atom stereocenters. The zero-order valence-electron chi connectivity index (χ0n) is 20.1. The first-order valence-corrected chi connectivity index (χ1v) is 11.6. The van der Waals surface area contributed by atoms with Crippen LogP contribution in [0, 0.1) is 0 Å². The van der Waals surface area contributed by atoms with Crippen molar-refractivity contribution >= 4 is 40.3 Å². The second kappa shape index (κ2) is 14.9. The molecule has 0 aliphatic rings. The number of aromatic nitrogens is 1.